The van der Waals surface area contributed by atoms with Crippen LogP contribution in [0.4, 0.5) is 5.69 Å². The Balaban J connectivity index is 1.79. The SMILES string of the molecule is CNC(=O)c1cccc(NC(=O)c2ccccc2SCc2nc(C)no2)c1C. The lowest BCUT2D eigenvalue weighted by molar-refractivity contribution is 0.0960. The molecule has 2 N–H and O–H groups in total. The Labute approximate surface area is 166 Å². The third-order valence-electron chi connectivity index (χ3n) is 4.11. The molecule has 0 aliphatic heterocycles. The van der Waals surface area contributed by atoms with Gasteiger partial charge < -0.3 is 15.2 Å². The van der Waals surface area contributed by atoms with Gasteiger partial charge in [0.2, 0.25) is 5.89 Å². The Hall–Kier alpha value is -3.13. The third kappa shape index (κ3) is 4.40. The molecule has 0 saturated carbocycles. The average molecular weight is 396 g/mol. The molecule has 0 aliphatic carbocycles. The highest BCUT2D eigenvalue weighted by Gasteiger charge is 2.16. The van der Waals surface area contributed by atoms with Crippen molar-refractivity contribution >= 4 is 29.3 Å². The predicted molar refractivity (Wildman–Crippen MR) is 108 cm³/mol. The topological polar surface area (TPSA) is 97.1 Å². The molecule has 0 bridgehead atoms. The van der Waals surface area contributed by atoms with Crippen LogP contribution in [-0.4, -0.2) is 29.0 Å². The van der Waals surface area contributed by atoms with E-state index in [1.807, 2.05) is 18.2 Å². The molecule has 144 valence electrons. The van der Waals surface area contributed by atoms with Gasteiger partial charge in [0.15, 0.2) is 5.82 Å². The summed E-state index contributed by atoms with van der Waals surface area (Å²) >= 11 is 1.45. The first-order valence-electron chi connectivity index (χ1n) is 8.63. The summed E-state index contributed by atoms with van der Waals surface area (Å²) in [5.74, 6) is 1.11. The number of hydrogen-bond acceptors (Lipinski definition) is 6. The van der Waals surface area contributed by atoms with E-state index in [4.69, 9.17) is 4.52 Å². The summed E-state index contributed by atoms with van der Waals surface area (Å²) in [6.07, 6.45) is 0. The number of carbonyl (C=O) groups excluding carboxylic acids is 2. The number of thioether (sulfide) groups is 1. The average Bonchev–Trinajstić information content (AvgIpc) is 3.12. The molecule has 0 aliphatic rings. The molecular formula is C20H20N4O3S. The second-order valence-electron chi connectivity index (χ2n) is 6.03. The maximum atomic E-state index is 12.9. The molecule has 3 rings (SSSR count). The molecule has 28 heavy (non-hydrogen) atoms. The summed E-state index contributed by atoms with van der Waals surface area (Å²) in [5.41, 5.74) is 2.36. The van der Waals surface area contributed by atoms with Crippen LogP contribution in [0.3, 0.4) is 0 Å². The molecule has 2 amide bonds. The highest BCUT2D eigenvalue weighted by Crippen LogP contribution is 2.27. The highest BCUT2D eigenvalue weighted by atomic mass is 32.2. The highest BCUT2D eigenvalue weighted by molar-refractivity contribution is 7.98. The molecule has 7 nitrogen and oxygen atoms in total. The zero-order valence-electron chi connectivity index (χ0n) is 15.8. The normalized spacial score (nSPS) is 10.5. The van der Waals surface area contributed by atoms with Crippen LogP contribution in [0.1, 0.15) is 38.0 Å². The van der Waals surface area contributed by atoms with E-state index in [2.05, 4.69) is 20.8 Å². The molecule has 0 spiro atoms. The zero-order valence-corrected chi connectivity index (χ0v) is 16.6. The Bertz CT molecular complexity index is 1020. The molecule has 1 aromatic heterocycles. The number of hydrogen-bond donors (Lipinski definition) is 2. The number of aromatic nitrogens is 2. The number of aryl methyl sites for hydroxylation is 1. The summed E-state index contributed by atoms with van der Waals surface area (Å²) < 4.78 is 5.12. The standard InChI is InChI=1S/C20H20N4O3S/c1-12-14(19(25)21-3)8-6-9-16(12)23-20(26)15-7-4-5-10-17(15)28-11-18-22-13(2)24-27-18/h4-10H,11H2,1-3H3,(H,21,25)(H,23,26). The van der Waals surface area contributed by atoms with Gasteiger partial charge in [-0.25, -0.2) is 0 Å². The second kappa shape index (κ2) is 8.71. The van der Waals surface area contributed by atoms with Crippen LogP contribution in [-0.2, 0) is 5.75 Å². The zero-order chi connectivity index (χ0) is 20.1. The van der Waals surface area contributed by atoms with Crippen LogP contribution in [0, 0.1) is 13.8 Å². The number of anilines is 1. The monoisotopic (exact) mass is 396 g/mol. The van der Waals surface area contributed by atoms with Gasteiger partial charge >= 0.3 is 0 Å². The van der Waals surface area contributed by atoms with Gasteiger partial charge in [0.05, 0.1) is 11.3 Å². The van der Waals surface area contributed by atoms with Gasteiger partial charge in [-0.1, -0.05) is 23.4 Å². The summed E-state index contributed by atoms with van der Waals surface area (Å²) in [6, 6.07) is 12.5. The van der Waals surface area contributed by atoms with Gasteiger partial charge in [0.1, 0.15) is 0 Å². The fourth-order valence-corrected chi connectivity index (χ4v) is 3.55. The molecule has 0 radical (unpaired) electrons. The minimum Gasteiger partial charge on any atom is -0.355 e. The third-order valence-corrected chi connectivity index (χ3v) is 5.16. The van der Waals surface area contributed by atoms with E-state index in [0.717, 1.165) is 4.90 Å². The largest absolute Gasteiger partial charge is 0.355 e. The van der Waals surface area contributed by atoms with Crippen molar-refractivity contribution in [3.05, 3.63) is 70.9 Å². The number of nitrogens with one attached hydrogen (secondary N) is 2. The minimum atomic E-state index is -0.248. The van der Waals surface area contributed by atoms with Crippen LogP contribution < -0.4 is 10.6 Å². The van der Waals surface area contributed by atoms with Crippen LogP contribution in [0.5, 0.6) is 0 Å². The number of rotatable bonds is 6. The van der Waals surface area contributed by atoms with E-state index < -0.39 is 0 Å². The predicted octanol–water partition coefficient (Wildman–Crippen LogP) is 3.59. The number of amides is 2. The van der Waals surface area contributed by atoms with Crippen molar-refractivity contribution in [3.8, 4) is 0 Å². The molecule has 2 aromatic carbocycles. The summed E-state index contributed by atoms with van der Waals surface area (Å²) in [5, 5.41) is 9.28. The Kier molecular flexibility index (Phi) is 6.10. The lowest BCUT2D eigenvalue weighted by Gasteiger charge is -2.13. The smallest absolute Gasteiger partial charge is 0.256 e. The lowest BCUT2D eigenvalue weighted by atomic mass is 10.1. The van der Waals surface area contributed by atoms with Crippen molar-refractivity contribution in [1.29, 1.82) is 0 Å². The Morgan fingerprint density at radius 3 is 2.50 bits per heavy atom. The van der Waals surface area contributed by atoms with Crippen molar-refractivity contribution in [1.82, 2.24) is 15.5 Å². The molecule has 0 atom stereocenters. The van der Waals surface area contributed by atoms with Gasteiger partial charge in [-0.15, -0.1) is 11.8 Å². The van der Waals surface area contributed by atoms with Gasteiger partial charge in [-0.2, -0.15) is 4.98 Å². The van der Waals surface area contributed by atoms with Crippen LogP contribution >= 0.6 is 11.8 Å². The van der Waals surface area contributed by atoms with Crippen LogP contribution in [0.2, 0.25) is 0 Å². The molecule has 3 aromatic rings. The van der Waals surface area contributed by atoms with Crippen molar-refractivity contribution in [2.45, 2.75) is 24.5 Å². The molecule has 0 fully saturated rings. The molecule has 0 unspecified atom stereocenters. The number of carbonyl (C=O) groups is 2. The first-order chi connectivity index (χ1) is 13.5. The summed E-state index contributed by atoms with van der Waals surface area (Å²) in [4.78, 5) is 29.8. The number of benzene rings is 2. The van der Waals surface area contributed by atoms with Crippen molar-refractivity contribution in [3.63, 3.8) is 0 Å². The number of nitrogens with zero attached hydrogens (tertiary/aromatic N) is 2. The van der Waals surface area contributed by atoms with Gasteiger partial charge in [0, 0.05) is 23.2 Å². The first-order valence-corrected chi connectivity index (χ1v) is 9.62. The summed E-state index contributed by atoms with van der Waals surface area (Å²) in [7, 11) is 1.57. The van der Waals surface area contributed by atoms with Crippen molar-refractivity contribution in [2.24, 2.45) is 0 Å². The molecule has 8 heteroatoms. The van der Waals surface area contributed by atoms with Crippen molar-refractivity contribution < 1.29 is 14.1 Å². The van der Waals surface area contributed by atoms with Gasteiger partial charge in [-0.3, -0.25) is 9.59 Å². The van der Waals surface area contributed by atoms with E-state index in [9.17, 15) is 9.59 Å². The fraction of sp³-hybridized carbons (Fsp3) is 0.200. The lowest BCUT2D eigenvalue weighted by Crippen LogP contribution is -2.20. The van der Waals surface area contributed by atoms with E-state index in [-0.39, 0.29) is 11.8 Å². The van der Waals surface area contributed by atoms with Crippen LogP contribution in [0.15, 0.2) is 51.9 Å². The first kappa shape index (κ1) is 19.6. The maximum Gasteiger partial charge on any atom is 0.256 e. The molecule has 0 saturated heterocycles. The van der Waals surface area contributed by atoms with Gasteiger partial charge in [-0.05, 0) is 43.7 Å². The molecular weight excluding hydrogens is 376 g/mol. The maximum absolute atomic E-state index is 12.9. The molecule has 1 heterocycles. The van der Waals surface area contributed by atoms with Gasteiger partial charge in [0.25, 0.3) is 11.8 Å². The second-order valence-corrected chi connectivity index (χ2v) is 7.05. The fourth-order valence-electron chi connectivity index (χ4n) is 2.66. The minimum absolute atomic E-state index is 0.195. The summed E-state index contributed by atoms with van der Waals surface area (Å²) in [6.45, 7) is 3.56. The van der Waals surface area contributed by atoms with Crippen molar-refractivity contribution in [2.75, 3.05) is 12.4 Å². The van der Waals surface area contributed by atoms with E-state index in [1.54, 1.807) is 45.2 Å². The van der Waals surface area contributed by atoms with Crippen LogP contribution in [0.25, 0.3) is 0 Å². The van der Waals surface area contributed by atoms with E-state index in [1.165, 1.54) is 11.8 Å². The van der Waals surface area contributed by atoms with E-state index in [0.29, 0.717) is 39.8 Å². The van der Waals surface area contributed by atoms with E-state index >= 15 is 0 Å². The Morgan fingerprint density at radius 2 is 1.79 bits per heavy atom. The quantitative estimate of drug-likeness (QED) is 0.618. The Morgan fingerprint density at radius 1 is 1.04 bits per heavy atom.